The van der Waals surface area contributed by atoms with Gasteiger partial charge in [0.2, 0.25) is 0 Å². The molecule has 1 aromatic carbocycles. The van der Waals surface area contributed by atoms with E-state index in [9.17, 15) is 0 Å². The van der Waals surface area contributed by atoms with E-state index >= 15 is 0 Å². The number of hydrogen-bond donors (Lipinski definition) is 2. The zero-order valence-corrected chi connectivity index (χ0v) is 7.51. The van der Waals surface area contributed by atoms with Gasteiger partial charge >= 0.3 is 0 Å². The van der Waals surface area contributed by atoms with Crippen molar-refractivity contribution < 1.29 is 0 Å². The molecule has 1 aromatic rings. The van der Waals surface area contributed by atoms with Gasteiger partial charge in [-0.2, -0.15) is 12.6 Å². The minimum Gasteiger partial charge on any atom is -0.301 e. The van der Waals surface area contributed by atoms with Crippen LogP contribution < -0.4 is 5.32 Å². The van der Waals surface area contributed by atoms with Crippen molar-refractivity contribution in [3.63, 3.8) is 0 Å². The highest BCUT2D eigenvalue weighted by Gasteiger charge is 2.00. The Balaban J connectivity index is 2.61. The molecule has 0 radical (unpaired) electrons. The third kappa shape index (κ3) is 2.56. The summed E-state index contributed by atoms with van der Waals surface area (Å²) in [5.41, 5.74) is 1.31. The Hall–Kier alpha value is -0.470. The second-order valence-corrected chi connectivity index (χ2v) is 2.81. The van der Waals surface area contributed by atoms with Crippen molar-refractivity contribution in [2.45, 2.75) is 13.0 Å². The van der Waals surface area contributed by atoms with Crippen LogP contribution in [0.5, 0.6) is 0 Å². The Bertz CT molecular complexity index is 198. The quantitative estimate of drug-likeness (QED) is 0.519. The first kappa shape index (κ1) is 8.62. The van der Waals surface area contributed by atoms with Crippen molar-refractivity contribution in [1.82, 2.24) is 5.32 Å². The number of thiol groups is 1. The zero-order chi connectivity index (χ0) is 8.10. The van der Waals surface area contributed by atoms with E-state index in [0.29, 0.717) is 6.04 Å². The molecule has 11 heavy (non-hydrogen) atoms. The molecule has 0 aliphatic rings. The molecule has 0 fully saturated rings. The highest BCUT2D eigenvalue weighted by molar-refractivity contribution is 7.80. The largest absolute Gasteiger partial charge is 0.301 e. The van der Waals surface area contributed by atoms with E-state index in [1.807, 2.05) is 18.2 Å². The van der Waals surface area contributed by atoms with Crippen LogP contribution in [-0.2, 0) is 0 Å². The average molecular weight is 167 g/mol. The van der Waals surface area contributed by atoms with Crippen molar-refractivity contribution in [2.24, 2.45) is 0 Å². The molecule has 1 N–H and O–H groups in total. The zero-order valence-electron chi connectivity index (χ0n) is 6.62. The third-order valence-corrected chi connectivity index (χ3v) is 1.88. The minimum absolute atomic E-state index is 0.397. The van der Waals surface area contributed by atoms with E-state index in [0.717, 1.165) is 5.88 Å². The standard InChI is InChI=1S/C9H13NS/c1-8(10-7-11)9-5-3-2-4-6-9/h2-6,8,10-11H,7H2,1H3. The monoisotopic (exact) mass is 167 g/mol. The molecule has 0 heterocycles. The van der Waals surface area contributed by atoms with Crippen LogP contribution in [0.4, 0.5) is 0 Å². The third-order valence-electron chi connectivity index (χ3n) is 1.70. The molecule has 0 saturated heterocycles. The molecule has 0 aliphatic heterocycles. The van der Waals surface area contributed by atoms with Gasteiger partial charge in [-0.1, -0.05) is 30.3 Å². The summed E-state index contributed by atoms with van der Waals surface area (Å²) in [6.07, 6.45) is 0. The van der Waals surface area contributed by atoms with Gasteiger partial charge in [0.1, 0.15) is 0 Å². The van der Waals surface area contributed by atoms with Crippen molar-refractivity contribution in [2.75, 3.05) is 5.88 Å². The lowest BCUT2D eigenvalue weighted by Crippen LogP contribution is -2.16. The van der Waals surface area contributed by atoms with E-state index < -0.39 is 0 Å². The maximum atomic E-state index is 4.10. The molecule has 0 amide bonds. The molecule has 60 valence electrons. The molecule has 0 aliphatic carbocycles. The second-order valence-electron chi connectivity index (χ2n) is 2.49. The van der Waals surface area contributed by atoms with E-state index in [2.05, 4.69) is 37.0 Å². The summed E-state index contributed by atoms with van der Waals surface area (Å²) < 4.78 is 0. The van der Waals surface area contributed by atoms with Crippen LogP contribution in [0, 0.1) is 0 Å². The summed E-state index contributed by atoms with van der Waals surface area (Å²) >= 11 is 4.10. The van der Waals surface area contributed by atoms with E-state index in [1.54, 1.807) is 0 Å². The van der Waals surface area contributed by atoms with Gasteiger partial charge in [-0.3, -0.25) is 0 Å². The molecule has 2 heteroatoms. The second kappa shape index (κ2) is 4.42. The Labute approximate surface area is 73.2 Å². The summed E-state index contributed by atoms with van der Waals surface area (Å²) in [5.74, 6) is 0.718. The van der Waals surface area contributed by atoms with E-state index in [-0.39, 0.29) is 0 Å². The first-order valence-electron chi connectivity index (χ1n) is 3.74. The Morgan fingerprint density at radius 1 is 1.36 bits per heavy atom. The predicted molar refractivity (Wildman–Crippen MR) is 51.8 cm³/mol. The van der Waals surface area contributed by atoms with Gasteiger partial charge in [-0.25, -0.2) is 0 Å². The van der Waals surface area contributed by atoms with Crippen LogP contribution >= 0.6 is 12.6 Å². The summed E-state index contributed by atoms with van der Waals surface area (Å²) in [5, 5.41) is 3.23. The smallest absolute Gasteiger partial charge is 0.0392 e. The van der Waals surface area contributed by atoms with Crippen LogP contribution in [0.3, 0.4) is 0 Å². The van der Waals surface area contributed by atoms with Crippen LogP contribution in [0.2, 0.25) is 0 Å². The Morgan fingerprint density at radius 3 is 2.55 bits per heavy atom. The summed E-state index contributed by atoms with van der Waals surface area (Å²) in [4.78, 5) is 0. The van der Waals surface area contributed by atoms with Gasteiger partial charge in [0.15, 0.2) is 0 Å². The first-order chi connectivity index (χ1) is 5.34. The van der Waals surface area contributed by atoms with Crippen molar-refractivity contribution in [1.29, 1.82) is 0 Å². The predicted octanol–water partition coefficient (Wildman–Crippen LogP) is 2.22. The lowest BCUT2D eigenvalue weighted by Gasteiger charge is -2.11. The topological polar surface area (TPSA) is 12.0 Å². The Kier molecular flexibility index (Phi) is 3.46. The maximum Gasteiger partial charge on any atom is 0.0392 e. The molecule has 0 aromatic heterocycles. The molecule has 0 spiro atoms. The average Bonchev–Trinajstić information content (AvgIpc) is 2.07. The summed E-state index contributed by atoms with van der Waals surface area (Å²) in [7, 11) is 0. The van der Waals surface area contributed by atoms with Crippen LogP contribution in [-0.4, -0.2) is 5.88 Å². The van der Waals surface area contributed by atoms with E-state index in [1.165, 1.54) is 5.56 Å². The number of rotatable bonds is 3. The highest BCUT2D eigenvalue weighted by atomic mass is 32.1. The van der Waals surface area contributed by atoms with E-state index in [4.69, 9.17) is 0 Å². The van der Waals surface area contributed by atoms with Crippen LogP contribution in [0.15, 0.2) is 30.3 Å². The number of hydrogen-bond acceptors (Lipinski definition) is 2. The fourth-order valence-electron chi connectivity index (χ4n) is 0.996. The van der Waals surface area contributed by atoms with Gasteiger partial charge in [0.05, 0.1) is 0 Å². The van der Waals surface area contributed by atoms with Crippen molar-refractivity contribution in [3.05, 3.63) is 35.9 Å². The molecule has 1 atom stereocenters. The molecule has 0 bridgehead atoms. The summed E-state index contributed by atoms with van der Waals surface area (Å²) in [6.45, 7) is 2.13. The molecule has 1 unspecified atom stereocenters. The molecule has 1 nitrogen and oxygen atoms in total. The van der Waals surface area contributed by atoms with Crippen LogP contribution in [0.25, 0.3) is 0 Å². The fourth-order valence-corrected chi connectivity index (χ4v) is 1.27. The lowest BCUT2D eigenvalue weighted by atomic mass is 10.1. The van der Waals surface area contributed by atoms with Crippen LogP contribution in [0.1, 0.15) is 18.5 Å². The highest BCUT2D eigenvalue weighted by Crippen LogP contribution is 2.10. The maximum absolute atomic E-state index is 4.10. The number of benzene rings is 1. The SMILES string of the molecule is CC(NCS)c1ccccc1. The lowest BCUT2D eigenvalue weighted by molar-refractivity contribution is 0.640. The van der Waals surface area contributed by atoms with Gasteiger partial charge in [0, 0.05) is 11.9 Å². The van der Waals surface area contributed by atoms with Gasteiger partial charge in [0.25, 0.3) is 0 Å². The molecular weight excluding hydrogens is 154 g/mol. The van der Waals surface area contributed by atoms with Gasteiger partial charge in [-0.15, -0.1) is 0 Å². The Morgan fingerprint density at radius 2 is 2.00 bits per heavy atom. The summed E-state index contributed by atoms with van der Waals surface area (Å²) in [6, 6.07) is 10.7. The molecular formula is C9H13NS. The minimum atomic E-state index is 0.397. The normalized spacial score (nSPS) is 12.9. The molecule has 0 saturated carbocycles. The van der Waals surface area contributed by atoms with Crippen molar-refractivity contribution >= 4 is 12.6 Å². The van der Waals surface area contributed by atoms with Crippen molar-refractivity contribution in [3.8, 4) is 0 Å². The number of nitrogens with one attached hydrogen (secondary N) is 1. The fraction of sp³-hybridized carbons (Fsp3) is 0.333. The van der Waals surface area contributed by atoms with Gasteiger partial charge in [-0.05, 0) is 12.5 Å². The van der Waals surface area contributed by atoms with Gasteiger partial charge < -0.3 is 5.32 Å². The molecule has 1 rings (SSSR count). The first-order valence-corrected chi connectivity index (χ1v) is 4.37.